The standard InChI is InChI=1S/C15H10N4OS/c16-9-10-5-1-2-6-11(10)13(21)15-19-18-14(20-15)12-7-3-4-8-17-12/h1-8,13,21H. The lowest BCUT2D eigenvalue weighted by atomic mass is 10.1. The summed E-state index contributed by atoms with van der Waals surface area (Å²) < 4.78 is 5.61. The zero-order valence-electron chi connectivity index (χ0n) is 10.8. The van der Waals surface area contributed by atoms with Crippen molar-refractivity contribution in [1.29, 1.82) is 5.26 Å². The van der Waals surface area contributed by atoms with Crippen molar-refractivity contribution < 1.29 is 4.42 Å². The normalized spacial score (nSPS) is 11.8. The molecule has 0 saturated carbocycles. The third kappa shape index (κ3) is 2.64. The largest absolute Gasteiger partial charge is 0.418 e. The lowest BCUT2D eigenvalue weighted by Gasteiger charge is -2.07. The highest BCUT2D eigenvalue weighted by molar-refractivity contribution is 7.80. The molecular formula is C15H10N4OS. The molecule has 1 atom stereocenters. The highest BCUT2D eigenvalue weighted by Gasteiger charge is 2.20. The van der Waals surface area contributed by atoms with Crippen LogP contribution in [0.5, 0.6) is 0 Å². The summed E-state index contributed by atoms with van der Waals surface area (Å²) in [6, 6.07) is 14.8. The first-order chi connectivity index (χ1) is 10.3. The van der Waals surface area contributed by atoms with Gasteiger partial charge in [0.1, 0.15) is 10.9 Å². The number of aromatic nitrogens is 3. The molecule has 6 heteroatoms. The molecule has 21 heavy (non-hydrogen) atoms. The topological polar surface area (TPSA) is 75.6 Å². The Hall–Kier alpha value is -2.65. The smallest absolute Gasteiger partial charge is 0.266 e. The molecule has 0 spiro atoms. The van der Waals surface area contributed by atoms with Gasteiger partial charge in [0.25, 0.3) is 5.89 Å². The van der Waals surface area contributed by atoms with Crippen molar-refractivity contribution in [1.82, 2.24) is 15.2 Å². The van der Waals surface area contributed by atoms with Crippen LogP contribution in [0.15, 0.2) is 53.1 Å². The van der Waals surface area contributed by atoms with Gasteiger partial charge in [0.05, 0.1) is 11.6 Å². The SMILES string of the molecule is N#Cc1ccccc1C(S)c1nnc(-c2ccccn2)o1. The van der Waals surface area contributed by atoms with Crippen LogP contribution in [-0.4, -0.2) is 15.2 Å². The van der Waals surface area contributed by atoms with Crippen molar-refractivity contribution in [3.05, 3.63) is 65.7 Å². The fourth-order valence-electron chi connectivity index (χ4n) is 1.91. The first-order valence-electron chi connectivity index (χ1n) is 6.21. The Bertz CT molecular complexity index is 795. The highest BCUT2D eigenvalue weighted by Crippen LogP contribution is 2.30. The second-order valence-electron chi connectivity index (χ2n) is 4.26. The minimum atomic E-state index is -0.453. The lowest BCUT2D eigenvalue weighted by molar-refractivity contribution is 0.514. The number of nitrogens with zero attached hydrogens (tertiary/aromatic N) is 4. The first kappa shape index (κ1) is 13.3. The Balaban J connectivity index is 1.95. The molecule has 2 aromatic heterocycles. The summed E-state index contributed by atoms with van der Waals surface area (Å²) in [5.74, 6) is 0.667. The van der Waals surface area contributed by atoms with Crippen molar-refractivity contribution in [2.45, 2.75) is 5.25 Å². The van der Waals surface area contributed by atoms with Gasteiger partial charge in [-0.15, -0.1) is 10.2 Å². The molecule has 1 aromatic carbocycles. The summed E-state index contributed by atoms with van der Waals surface area (Å²) in [6.07, 6.45) is 1.66. The number of rotatable bonds is 3. The van der Waals surface area contributed by atoms with Crippen molar-refractivity contribution in [3.8, 4) is 17.7 Å². The van der Waals surface area contributed by atoms with Gasteiger partial charge in [-0.1, -0.05) is 24.3 Å². The molecule has 1 unspecified atom stereocenters. The van der Waals surface area contributed by atoms with Gasteiger partial charge in [-0.2, -0.15) is 17.9 Å². The maximum atomic E-state index is 9.14. The van der Waals surface area contributed by atoms with E-state index in [1.807, 2.05) is 24.3 Å². The van der Waals surface area contributed by atoms with Crippen LogP contribution in [0.3, 0.4) is 0 Å². The Morgan fingerprint density at radius 2 is 1.90 bits per heavy atom. The molecule has 0 radical (unpaired) electrons. The van der Waals surface area contributed by atoms with Crippen LogP contribution in [0.2, 0.25) is 0 Å². The minimum absolute atomic E-state index is 0.332. The monoisotopic (exact) mass is 294 g/mol. The summed E-state index contributed by atoms with van der Waals surface area (Å²) in [6.45, 7) is 0. The fraction of sp³-hybridized carbons (Fsp3) is 0.0667. The van der Waals surface area contributed by atoms with Gasteiger partial charge < -0.3 is 4.42 Å². The second-order valence-corrected chi connectivity index (χ2v) is 4.78. The average molecular weight is 294 g/mol. The van der Waals surface area contributed by atoms with E-state index in [0.29, 0.717) is 23.0 Å². The van der Waals surface area contributed by atoms with E-state index in [0.717, 1.165) is 5.56 Å². The third-order valence-electron chi connectivity index (χ3n) is 2.93. The Kier molecular flexibility index (Phi) is 3.67. The van der Waals surface area contributed by atoms with Crippen LogP contribution in [0.1, 0.15) is 22.3 Å². The molecule has 0 amide bonds. The summed E-state index contributed by atoms with van der Waals surface area (Å²) >= 11 is 4.49. The van der Waals surface area contributed by atoms with Gasteiger partial charge in [0.2, 0.25) is 5.89 Å². The molecule has 5 nitrogen and oxygen atoms in total. The van der Waals surface area contributed by atoms with Crippen molar-refractivity contribution >= 4 is 12.6 Å². The van der Waals surface area contributed by atoms with E-state index in [1.165, 1.54) is 0 Å². The Morgan fingerprint density at radius 3 is 2.67 bits per heavy atom. The predicted octanol–water partition coefficient (Wildman–Crippen LogP) is 3.02. The fourth-order valence-corrected chi connectivity index (χ4v) is 2.24. The van der Waals surface area contributed by atoms with Crippen LogP contribution in [0.25, 0.3) is 11.6 Å². The molecule has 2 heterocycles. The van der Waals surface area contributed by atoms with Crippen LogP contribution in [-0.2, 0) is 0 Å². The van der Waals surface area contributed by atoms with Crippen molar-refractivity contribution in [2.75, 3.05) is 0 Å². The predicted molar refractivity (Wildman–Crippen MR) is 79.5 cm³/mol. The zero-order valence-corrected chi connectivity index (χ0v) is 11.7. The summed E-state index contributed by atoms with van der Waals surface area (Å²) in [7, 11) is 0. The summed E-state index contributed by atoms with van der Waals surface area (Å²) in [4.78, 5) is 4.15. The average Bonchev–Trinajstić information content (AvgIpc) is 3.05. The molecular weight excluding hydrogens is 284 g/mol. The summed E-state index contributed by atoms with van der Waals surface area (Å²) in [5, 5.41) is 16.7. The van der Waals surface area contributed by atoms with E-state index < -0.39 is 5.25 Å². The van der Waals surface area contributed by atoms with E-state index in [2.05, 4.69) is 33.9 Å². The molecule has 0 bridgehead atoms. The maximum absolute atomic E-state index is 9.14. The van der Waals surface area contributed by atoms with E-state index in [1.54, 1.807) is 24.4 Å². The van der Waals surface area contributed by atoms with E-state index in [-0.39, 0.29) is 0 Å². The van der Waals surface area contributed by atoms with E-state index in [4.69, 9.17) is 9.68 Å². The van der Waals surface area contributed by atoms with E-state index >= 15 is 0 Å². The van der Waals surface area contributed by atoms with Crippen LogP contribution >= 0.6 is 12.6 Å². The van der Waals surface area contributed by atoms with E-state index in [9.17, 15) is 0 Å². The Labute approximate surface area is 126 Å². The second kappa shape index (κ2) is 5.77. The Morgan fingerprint density at radius 1 is 1.10 bits per heavy atom. The summed E-state index contributed by atoms with van der Waals surface area (Å²) in [5.41, 5.74) is 1.87. The van der Waals surface area contributed by atoms with Gasteiger partial charge in [0, 0.05) is 6.20 Å². The zero-order chi connectivity index (χ0) is 14.7. The molecule has 102 valence electrons. The molecule has 0 aliphatic rings. The number of pyridine rings is 1. The van der Waals surface area contributed by atoms with Gasteiger partial charge >= 0.3 is 0 Å². The van der Waals surface area contributed by atoms with Crippen LogP contribution in [0.4, 0.5) is 0 Å². The van der Waals surface area contributed by atoms with Gasteiger partial charge in [-0.3, -0.25) is 4.98 Å². The number of hydrogen-bond acceptors (Lipinski definition) is 6. The third-order valence-corrected chi connectivity index (χ3v) is 3.43. The number of thiol groups is 1. The van der Waals surface area contributed by atoms with Gasteiger partial charge in [0.15, 0.2) is 0 Å². The van der Waals surface area contributed by atoms with Crippen molar-refractivity contribution in [3.63, 3.8) is 0 Å². The molecule has 0 aliphatic carbocycles. The molecule has 0 aliphatic heterocycles. The number of hydrogen-bond donors (Lipinski definition) is 1. The minimum Gasteiger partial charge on any atom is -0.418 e. The number of nitriles is 1. The van der Waals surface area contributed by atoms with Gasteiger partial charge in [-0.05, 0) is 23.8 Å². The highest BCUT2D eigenvalue weighted by atomic mass is 32.1. The molecule has 0 N–H and O–H groups in total. The lowest BCUT2D eigenvalue weighted by Crippen LogP contribution is -1.97. The maximum Gasteiger partial charge on any atom is 0.266 e. The van der Waals surface area contributed by atoms with Crippen LogP contribution < -0.4 is 0 Å². The first-order valence-corrected chi connectivity index (χ1v) is 6.73. The number of benzene rings is 1. The molecule has 3 rings (SSSR count). The molecule has 3 aromatic rings. The van der Waals surface area contributed by atoms with Crippen LogP contribution in [0, 0.1) is 11.3 Å². The van der Waals surface area contributed by atoms with Gasteiger partial charge in [-0.25, -0.2) is 0 Å². The van der Waals surface area contributed by atoms with Crippen molar-refractivity contribution in [2.24, 2.45) is 0 Å². The quantitative estimate of drug-likeness (QED) is 0.751. The molecule has 0 saturated heterocycles. The molecule has 0 fully saturated rings.